The van der Waals surface area contributed by atoms with Crippen LogP contribution in [-0.4, -0.2) is 37.2 Å². The van der Waals surface area contributed by atoms with Gasteiger partial charge in [0.05, 0.1) is 0 Å². The second-order valence-corrected chi connectivity index (χ2v) is 20.2. The van der Waals surface area contributed by atoms with Crippen molar-refractivity contribution in [2.75, 3.05) is 13.2 Å². The lowest BCUT2D eigenvalue weighted by molar-refractivity contribution is -0.167. The van der Waals surface area contributed by atoms with Crippen molar-refractivity contribution in [1.29, 1.82) is 0 Å². The van der Waals surface area contributed by atoms with Gasteiger partial charge in [-0.3, -0.25) is 14.4 Å². The molecule has 0 aromatic heterocycles. The molecule has 0 aromatic carbocycles. The van der Waals surface area contributed by atoms with Gasteiger partial charge in [-0.25, -0.2) is 0 Å². The molecule has 0 amide bonds. The van der Waals surface area contributed by atoms with E-state index in [1.54, 1.807) is 0 Å². The summed E-state index contributed by atoms with van der Waals surface area (Å²) in [5.41, 5.74) is 0. The lowest BCUT2D eigenvalue weighted by Gasteiger charge is -2.18. The van der Waals surface area contributed by atoms with E-state index in [9.17, 15) is 14.4 Å². The molecule has 74 heavy (non-hydrogen) atoms. The first-order valence-corrected chi connectivity index (χ1v) is 30.9. The van der Waals surface area contributed by atoms with E-state index in [1.807, 2.05) is 0 Å². The molecule has 0 spiro atoms. The summed E-state index contributed by atoms with van der Waals surface area (Å²) in [6, 6.07) is 0. The van der Waals surface area contributed by atoms with Gasteiger partial charge in [0.15, 0.2) is 6.10 Å². The van der Waals surface area contributed by atoms with Gasteiger partial charge in [0.2, 0.25) is 0 Å². The largest absolute Gasteiger partial charge is 0.462 e. The van der Waals surface area contributed by atoms with Crippen molar-refractivity contribution in [3.63, 3.8) is 0 Å². The van der Waals surface area contributed by atoms with E-state index in [-0.39, 0.29) is 31.1 Å². The molecule has 0 bridgehead atoms. The van der Waals surface area contributed by atoms with Gasteiger partial charge in [-0.15, -0.1) is 0 Å². The average Bonchev–Trinajstić information content (AvgIpc) is 3.40. The van der Waals surface area contributed by atoms with Gasteiger partial charge in [-0.05, 0) is 109 Å². The minimum atomic E-state index is -0.792. The summed E-state index contributed by atoms with van der Waals surface area (Å²) >= 11 is 0. The molecular weight excluding hydrogens is 913 g/mol. The Morgan fingerprint density at radius 1 is 0.284 bits per heavy atom. The lowest BCUT2D eigenvalue weighted by Crippen LogP contribution is -2.30. The van der Waals surface area contributed by atoms with Crippen LogP contribution in [0.5, 0.6) is 0 Å². The second kappa shape index (κ2) is 61.6. The molecule has 6 heteroatoms. The zero-order chi connectivity index (χ0) is 53.6. The Balaban J connectivity index is 4.35. The van der Waals surface area contributed by atoms with Gasteiger partial charge in [-0.2, -0.15) is 0 Å². The summed E-state index contributed by atoms with van der Waals surface area (Å²) in [4.78, 5) is 38.2. The molecular formula is C68H114O6. The van der Waals surface area contributed by atoms with Crippen molar-refractivity contribution < 1.29 is 28.6 Å². The normalized spacial score (nSPS) is 12.9. The number of hydrogen-bond acceptors (Lipinski definition) is 6. The third-order valence-electron chi connectivity index (χ3n) is 13.0. The Bertz CT molecular complexity index is 1510. The van der Waals surface area contributed by atoms with Gasteiger partial charge in [0.1, 0.15) is 13.2 Å². The molecule has 0 aliphatic carbocycles. The first kappa shape index (κ1) is 70.1. The summed E-state index contributed by atoms with van der Waals surface area (Å²) in [5, 5.41) is 0. The molecule has 0 aromatic rings. The number of hydrogen-bond donors (Lipinski definition) is 0. The van der Waals surface area contributed by atoms with Gasteiger partial charge in [0.25, 0.3) is 0 Å². The van der Waals surface area contributed by atoms with Crippen molar-refractivity contribution in [2.45, 2.75) is 290 Å². The number of ether oxygens (including phenoxy) is 3. The van der Waals surface area contributed by atoms with Crippen molar-refractivity contribution in [3.8, 4) is 0 Å². The Morgan fingerprint density at radius 3 is 0.851 bits per heavy atom. The summed E-state index contributed by atoms with van der Waals surface area (Å²) in [5.74, 6) is -0.917. The molecule has 422 valence electrons. The van der Waals surface area contributed by atoms with Gasteiger partial charge in [0, 0.05) is 19.3 Å². The van der Waals surface area contributed by atoms with Crippen molar-refractivity contribution in [1.82, 2.24) is 0 Å². The number of carbonyl (C=O) groups excluding carboxylic acids is 3. The molecule has 0 aliphatic heterocycles. The zero-order valence-electron chi connectivity index (χ0n) is 48.3. The summed E-state index contributed by atoms with van der Waals surface area (Å²) in [6.07, 6.45) is 83.7. The van der Waals surface area contributed by atoms with Crippen LogP contribution in [0.3, 0.4) is 0 Å². The van der Waals surface area contributed by atoms with Crippen molar-refractivity contribution >= 4 is 17.9 Å². The number of rotatable bonds is 55. The molecule has 0 N–H and O–H groups in total. The fourth-order valence-corrected chi connectivity index (χ4v) is 8.39. The van der Waals surface area contributed by atoms with Crippen LogP contribution in [0.2, 0.25) is 0 Å². The van der Waals surface area contributed by atoms with E-state index in [0.29, 0.717) is 19.3 Å². The number of unbranched alkanes of at least 4 members (excludes halogenated alkanes) is 26. The SMILES string of the molecule is CC/C=C\C/C=C\C/C=C\C/C=C\C/C=C\C/C=C\C/C=C\C/C=C\CCCCCCC(=O)OCC(COC(=O)CCCCCCC/C=C\CCCCCC)OC(=O)CCCCCCCCCCCCCCCC. The highest BCUT2D eigenvalue weighted by molar-refractivity contribution is 5.71. The van der Waals surface area contributed by atoms with Crippen LogP contribution in [0.15, 0.2) is 109 Å². The zero-order valence-corrected chi connectivity index (χ0v) is 48.3. The molecule has 1 unspecified atom stereocenters. The molecule has 0 heterocycles. The van der Waals surface area contributed by atoms with Gasteiger partial charge >= 0.3 is 17.9 Å². The number of carbonyl (C=O) groups is 3. The van der Waals surface area contributed by atoms with E-state index in [4.69, 9.17) is 14.2 Å². The molecule has 6 nitrogen and oxygen atoms in total. The summed E-state index contributed by atoms with van der Waals surface area (Å²) < 4.78 is 16.9. The molecule has 0 fully saturated rings. The van der Waals surface area contributed by atoms with E-state index in [0.717, 1.165) is 128 Å². The van der Waals surface area contributed by atoms with E-state index in [1.165, 1.54) is 116 Å². The van der Waals surface area contributed by atoms with Crippen LogP contribution in [0, 0.1) is 0 Å². The highest BCUT2D eigenvalue weighted by Gasteiger charge is 2.19. The van der Waals surface area contributed by atoms with Crippen LogP contribution in [0.1, 0.15) is 284 Å². The number of esters is 3. The average molecular weight is 1030 g/mol. The molecule has 0 rings (SSSR count). The van der Waals surface area contributed by atoms with Crippen LogP contribution >= 0.6 is 0 Å². The highest BCUT2D eigenvalue weighted by Crippen LogP contribution is 2.15. The van der Waals surface area contributed by atoms with Crippen LogP contribution in [-0.2, 0) is 28.6 Å². The van der Waals surface area contributed by atoms with Crippen LogP contribution < -0.4 is 0 Å². The van der Waals surface area contributed by atoms with Crippen molar-refractivity contribution in [3.05, 3.63) is 109 Å². The minimum absolute atomic E-state index is 0.0891. The third-order valence-corrected chi connectivity index (χ3v) is 13.0. The second-order valence-electron chi connectivity index (χ2n) is 20.2. The monoisotopic (exact) mass is 1030 g/mol. The highest BCUT2D eigenvalue weighted by atomic mass is 16.6. The maximum absolute atomic E-state index is 12.9. The van der Waals surface area contributed by atoms with E-state index >= 15 is 0 Å². The Morgan fingerprint density at radius 2 is 0.527 bits per heavy atom. The van der Waals surface area contributed by atoms with E-state index < -0.39 is 6.10 Å². The fourth-order valence-electron chi connectivity index (χ4n) is 8.39. The van der Waals surface area contributed by atoms with Crippen LogP contribution in [0.4, 0.5) is 0 Å². The predicted molar refractivity (Wildman–Crippen MR) is 320 cm³/mol. The van der Waals surface area contributed by atoms with E-state index in [2.05, 4.69) is 130 Å². The van der Waals surface area contributed by atoms with Crippen molar-refractivity contribution in [2.24, 2.45) is 0 Å². The van der Waals surface area contributed by atoms with Gasteiger partial charge in [-0.1, -0.05) is 265 Å². The predicted octanol–water partition coefficient (Wildman–Crippen LogP) is 21.0. The lowest BCUT2D eigenvalue weighted by atomic mass is 10.0. The quantitative estimate of drug-likeness (QED) is 0.0261. The van der Waals surface area contributed by atoms with Gasteiger partial charge < -0.3 is 14.2 Å². The smallest absolute Gasteiger partial charge is 0.306 e. The maximum atomic E-state index is 12.9. The number of allylic oxidation sites excluding steroid dienone is 18. The summed E-state index contributed by atoms with van der Waals surface area (Å²) in [7, 11) is 0. The first-order valence-electron chi connectivity index (χ1n) is 30.9. The Labute approximate surface area is 457 Å². The minimum Gasteiger partial charge on any atom is -0.462 e. The first-order chi connectivity index (χ1) is 36.5. The topological polar surface area (TPSA) is 78.9 Å². The maximum Gasteiger partial charge on any atom is 0.306 e. The Hall–Kier alpha value is -3.93. The van der Waals surface area contributed by atoms with Crippen LogP contribution in [0.25, 0.3) is 0 Å². The molecule has 0 saturated heterocycles. The molecule has 0 radical (unpaired) electrons. The molecule has 0 aliphatic rings. The third kappa shape index (κ3) is 59.0. The Kier molecular flexibility index (Phi) is 58.3. The molecule has 0 saturated carbocycles. The summed E-state index contributed by atoms with van der Waals surface area (Å²) in [6.45, 7) is 6.49. The fraction of sp³-hybridized carbons (Fsp3) is 0.691. The standard InChI is InChI=1S/C68H114O6/c1-4-7-10-13-16-19-22-25-27-28-29-30-31-32-33-34-35-36-37-38-39-40-41-44-46-49-52-55-58-61-67(70)73-64-65(63-72-66(69)60-57-54-51-48-45-42-24-21-18-15-12-9-6-3)74-68(71)62-59-56-53-50-47-43-26-23-20-17-14-11-8-5-2/h7,10,16,19,21,24-25,27,29-30,32-33,35-36,38-39,41,44,65H,4-6,8-9,11-15,17-18,20,22-23,26,28,31,34,37,40,42-43,45-64H2,1-3H3/b10-7-,19-16-,24-21-,27-25-,30-29-,33-32-,36-35-,39-38-,44-41-. The molecule has 1 atom stereocenters.